The molecule has 0 aliphatic carbocycles. The van der Waals surface area contributed by atoms with Crippen molar-refractivity contribution in [3.05, 3.63) is 36.0 Å². The van der Waals surface area contributed by atoms with E-state index in [0.717, 1.165) is 5.56 Å². The second-order valence-electron chi connectivity index (χ2n) is 2.46. The normalized spacial score (nSPS) is 10.1. The van der Waals surface area contributed by atoms with E-state index in [0.29, 0.717) is 12.2 Å². The summed E-state index contributed by atoms with van der Waals surface area (Å²) in [5, 5.41) is 10.9. The van der Waals surface area contributed by atoms with Gasteiger partial charge in [-0.25, -0.2) is 0 Å². The van der Waals surface area contributed by atoms with Crippen molar-refractivity contribution in [2.45, 2.75) is 0 Å². The zero-order valence-electron chi connectivity index (χ0n) is 7.51. The quantitative estimate of drug-likeness (QED) is 0.535. The zero-order chi connectivity index (χ0) is 10.2. The average molecular weight is 193 g/mol. The Kier molecular flexibility index (Phi) is 4.23. The van der Waals surface area contributed by atoms with Gasteiger partial charge in [0.1, 0.15) is 5.75 Å². The Balaban J connectivity index is 2.58. The molecule has 2 N–H and O–H groups in total. The number of carbonyl (C=O) groups is 1. The smallest absolute Gasteiger partial charge is 0.211 e. The number of benzene rings is 1. The minimum atomic E-state index is -0.331. The number of rotatable bonds is 5. The maximum absolute atomic E-state index is 9.92. The van der Waals surface area contributed by atoms with Gasteiger partial charge in [0.2, 0.25) is 6.41 Å². The van der Waals surface area contributed by atoms with Crippen LogP contribution in [-0.4, -0.2) is 18.3 Å². The lowest BCUT2D eigenvalue weighted by Crippen LogP contribution is -1.98. The van der Waals surface area contributed by atoms with Crippen molar-refractivity contribution >= 4 is 12.5 Å². The van der Waals surface area contributed by atoms with Crippen LogP contribution < -0.4 is 10.1 Å². The van der Waals surface area contributed by atoms with E-state index >= 15 is 0 Å². The van der Waals surface area contributed by atoms with Crippen LogP contribution in [-0.2, 0) is 4.79 Å². The summed E-state index contributed by atoms with van der Waals surface area (Å²) in [4.78, 5) is 9.92. The molecule has 1 aromatic rings. The van der Waals surface area contributed by atoms with E-state index in [4.69, 9.17) is 9.84 Å². The first-order chi connectivity index (χ1) is 6.86. The highest BCUT2D eigenvalue weighted by molar-refractivity contribution is 5.55. The first kappa shape index (κ1) is 10.3. The fourth-order valence-corrected chi connectivity index (χ4v) is 0.933. The van der Waals surface area contributed by atoms with Gasteiger partial charge in [0.15, 0.2) is 6.79 Å². The molecule has 0 aromatic heterocycles. The van der Waals surface area contributed by atoms with Crippen LogP contribution in [0.2, 0.25) is 0 Å². The van der Waals surface area contributed by atoms with Gasteiger partial charge in [-0.3, -0.25) is 4.79 Å². The summed E-state index contributed by atoms with van der Waals surface area (Å²) in [5.41, 5.74) is 0.935. The molecule has 0 heterocycles. The molecular weight excluding hydrogens is 182 g/mol. The molecule has 0 fully saturated rings. The molecule has 4 nitrogen and oxygen atoms in total. The van der Waals surface area contributed by atoms with Gasteiger partial charge in [0.05, 0.1) is 0 Å². The maximum Gasteiger partial charge on any atom is 0.211 e. The molecule has 0 spiro atoms. The van der Waals surface area contributed by atoms with E-state index in [1.807, 2.05) is 12.1 Å². The van der Waals surface area contributed by atoms with E-state index in [-0.39, 0.29) is 6.79 Å². The van der Waals surface area contributed by atoms with E-state index in [1.54, 1.807) is 18.2 Å². The monoisotopic (exact) mass is 193 g/mol. The lowest BCUT2D eigenvalue weighted by Gasteiger charge is -2.01. The van der Waals surface area contributed by atoms with Gasteiger partial charge in [-0.15, -0.1) is 0 Å². The molecule has 0 bridgehead atoms. The van der Waals surface area contributed by atoms with Gasteiger partial charge >= 0.3 is 0 Å². The Hall–Kier alpha value is -1.81. The molecule has 0 atom stereocenters. The number of aliphatic hydroxyl groups is 1. The Labute approximate surface area is 81.8 Å². The van der Waals surface area contributed by atoms with Crippen LogP contribution in [0.25, 0.3) is 6.08 Å². The van der Waals surface area contributed by atoms with Gasteiger partial charge in [-0.05, 0) is 23.8 Å². The van der Waals surface area contributed by atoms with Crippen molar-refractivity contribution in [3.63, 3.8) is 0 Å². The predicted molar refractivity (Wildman–Crippen MR) is 52.4 cm³/mol. The molecule has 1 aromatic carbocycles. The lowest BCUT2D eigenvalue weighted by atomic mass is 10.2. The van der Waals surface area contributed by atoms with Gasteiger partial charge in [0.25, 0.3) is 0 Å². The van der Waals surface area contributed by atoms with Crippen molar-refractivity contribution in [3.8, 4) is 5.75 Å². The fourth-order valence-electron chi connectivity index (χ4n) is 0.933. The SMILES string of the molecule is O=CN/C=C/c1ccc(OCO)cc1. The van der Waals surface area contributed by atoms with Crippen molar-refractivity contribution < 1.29 is 14.6 Å². The third-order valence-electron chi connectivity index (χ3n) is 1.55. The topological polar surface area (TPSA) is 58.6 Å². The molecule has 74 valence electrons. The van der Waals surface area contributed by atoms with Gasteiger partial charge in [-0.2, -0.15) is 0 Å². The minimum absolute atomic E-state index is 0.331. The van der Waals surface area contributed by atoms with E-state index in [2.05, 4.69) is 5.32 Å². The summed E-state index contributed by atoms with van der Waals surface area (Å²) in [6.45, 7) is -0.331. The third kappa shape index (κ3) is 3.28. The third-order valence-corrected chi connectivity index (χ3v) is 1.55. The molecule has 0 unspecified atom stereocenters. The molecule has 4 heteroatoms. The van der Waals surface area contributed by atoms with Crippen molar-refractivity contribution in [1.82, 2.24) is 5.32 Å². The number of amides is 1. The highest BCUT2D eigenvalue weighted by atomic mass is 16.6. The van der Waals surface area contributed by atoms with E-state index in [9.17, 15) is 4.79 Å². The predicted octanol–water partition coefficient (Wildman–Crippen LogP) is 0.732. The van der Waals surface area contributed by atoms with Crippen LogP contribution >= 0.6 is 0 Å². The van der Waals surface area contributed by atoms with E-state index in [1.165, 1.54) is 6.20 Å². The Morgan fingerprint density at radius 1 is 1.36 bits per heavy atom. The zero-order valence-corrected chi connectivity index (χ0v) is 7.51. The number of aliphatic hydroxyl groups excluding tert-OH is 1. The second-order valence-corrected chi connectivity index (χ2v) is 2.46. The minimum Gasteiger partial charge on any atom is -0.468 e. The van der Waals surface area contributed by atoms with Gasteiger partial charge in [-0.1, -0.05) is 12.1 Å². The number of nitrogens with one attached hydrogen (secondary N) is 1. The summed E-state index contributed by atoms with van der Waals surface area (Å²) in [6.07, 6.45) is 3.88. The van der Waals surface area contributed by atoms with Crippen molar-refractivity contribution in [1.29, 1.82) is 0 Å². The van der Waals surface area contributed by atoms with Crippen LogP contribution in [0.3, 0.4) is 0 Å². The molecule has 1 rings (SSSR count). The largest absolute Gasteiger partial charge is 0.468 e. The molecular formula is C10H11NO3. The second kappa shape index (κ2) is 5.77. The number of hydrogen-bond acceptors (Lipinski definition) is 3. The Morgan fingerprint density at radius 2 is 2.07 bits per heavy atom. The van der Waals surface area contributed by atoms with Crippen LogP contribution in [0, 0.1) is 0 Å². The lowest BCUT2D eigenvalue weighted by molar-refractivity contribution is -0.108. The van der Waals surface area contributed by atoms with Gasteiger partial charge < -0.3 is 15.2 Å². The Bertz CT molecular complexity index is 306. The number of ether oxygens (including phenoxy) is 1. The molecule has 14 heavy (non-hydrogen) atoms. The molecule has 0 saturated heterocycles. The summed E-state index contributed by atoms with van der Waals surface area (Å²) >= 11 is 0. The first-order valence-corrected chi connectivity index (χ1v) is 4.07. The number of carbonyl (C=O) groups excluding carboxylic acids is 1. The molecule has 1 amide bonds. The molecule has 0 aliphatic rings. The standard InChI is InChI=1S/C10H11NO3/c12-7-11-6-5-9-1-3-10(4-2-9)14-8-13/h1-7,13H,8H2,(H,11,12)/b6-5+. The molecule has 0 radical (unpaired) electrons. The van der Waals surface area contributed by atoms with Crippen LogP contribution in [0.1, 0.15) is 5.56 Å². The summed E-state index contributed by atoms with van der Waals surface area (Å²) in [7, 11) is 0. The first-order valence-electron chi connectivity index (χ1n) is 4.07. The molecule has 0 saturated carbocycles. The summed E-state index contributed by atoms with van der Waals surface area (Å²) < 4.78 is 4.85. The summed E-state index contributed by atoms with van der Waals surface area (Å²) in [5.74, 6) is 0.605. The van der Waals surface area contributed by atoms with Crippen LogP contribution in [0.4, 0.5) is 0 Å². The van der Waals surface area contributed by atoms with Gasteiger partial charge in [0, 0.05) is 6.20 Å². The maximum atomic E-state index is 9.92. The molecule has 0 aliphatic heterocycles. The Morgan fingerprint density at radius 3 is 2.64 bits per heavy atom. The van der Waals surface area contributed by atoms with Crippen LogP contribution in [0.5, 0.6) is 5.75 Å². The summed E-state index contributed by atoms with van der Waals surface area (Å²) in [6, 6.07) is 7.09. The highest BCUT2D eigenvalue weighted by Crippen LogP contribution is 2.12. The average Bonchev–Trinajstić information content (AvgIpc) is 2.21. The fraction of sp³-hybridized carbons (Fsp3) is 0.100. The number of hydrogen-bond donors (Lipinski definition) is 2. The van der Waals surface area contributed by atoms with Crippen molar-refractivity contribution in [2.75, 3.05) is 6.79 Å². The van der Waals surface area contributed by atoms with E-state index < -0.39 is 0 Å². The highest BCUT2D eigenvalue weighted by Gasteiger charge is 1.90. The van der Waals surface area contributed by atoms with Crippen molar-refractivity contribution in [2.24, 2.45) is 0 Å². The van der Waals surface area contributed by atoms with Crippen LogP contribution in [0.15, 0.2) is 30.5 Å².